The van der Waals surface area contributed by atoms with Gasteiger partial charge in [0.15, 0.2) is 0 Å². The molecule has 0 aromatic carbocycles. The van der Waals surface area contributed by atoms with Crippen LogP contribution in [0.1, 0.15) is 58.1 Å². The minimum atomic E-state index is 0.589. The quantitative estimate of drug-likeness (QED) is 0.647. The molecular formula is C15H29N3. The first-order valence-corrected chi connectivity index (χ1v) is 7.48. The van der Waals surface area contributed by atoms with E-state index in [2.05, 4.69) is 30.3 Å². The maximum Gasteiger partial charge on any atom is 0.0639 e. The van der Waals surface area contributed by atoms with Crippen LogP contribution in [0.2, 0.25) is 0 Å². The highest BCUT2D eigenvalue weighted by Gasteiger charge is 2.09. The molecule has 1 aromatic heterocycles. The monoisotopic (exact) mass is 251 g/mol. The summed E-state index contributed by atoms with van der Waals surface area (Å²) in [5.74, 6) is 0. The molecule has 104 valence electrons. The van der Waals surface area contributed by atoms with Gasteiger partial charge in [-0.15, -0.1) is 0 Å². The Balaban J connectivity index is 2.26. The number of aromatic nitrogens is 2. The van der Waals surface area contributed by atoms with Crippen LogP contribution >= 0.6 is 0 Å². The van der Waals surface area contributed by atoms with Crippen molar-refractivity contribution in [1.82, 2.24) is 15.1 Å². The molecule has 0 bridgehead atoms. The lowest BCUT2D eigenvalue weighted by molar-refractivity contribution is 0.456. The Labute approximate surface area is 112 Å². The zero-order chi connectivity index (χ0) is 13.2. The molecule has 0 saturated heterocycles. The number of unbranched alkanes of at least 4 members (excludes halogenated alkanes) is 4. The molecule has 0 aliphatic heterocycles. The zero-order valence-electron chi connectivity index (χ0n) is 12.3. The fourth-order valence-corrected chi connectivity index (χ4v) is 2.38. The Morgan fingerprint density at radius 3 is 2.61 bits per heavy atom. The van der Waals surface area contributed by atoms with Gasteiger partial charge in [-0.25, -0.2) is 0 Å². The molecule has 1 aromatic rings. The minimum absolute atomic E-state index is 0.589. The van der Waals surface area contributed by atoms with Crippen LogP contribution in [0, 0.1) is 0 Å². The summed E-state index contributed by atoms with van der Waals surface area (Å²) in [6, 6.07) is 2.72. The van der Waals surface area contributed by atoms with Crippen molar-refractivity contribution in [1.29, 1.82) is 0 Å². The van der Waals surface area contributed by atoms with Crippen LogP contribution < -0.4 is 5.32 Å². The summed E-state index contributed by atoms with van der Waals surface area (Å²) in [6.07, 6.45) is 11.2. The molecule has 1 N–H and O–H groups in total. The van der Waals surface area contributed by atoms with Gasteiger partial charge in [-0.3, -0.25) is 4.68 Å². The smallest absolute Gasteiger partial charge is 0.0639 e. The van der Waals surface area contributed by atoms with Crippen molar-refractivity contribution in [2.75, 3.05) is 6.54 Å². The third-order valence-corrected chi connectivity index (χ3v) is 3.37. The average molecular weight is 251 g/mol. The molecule has 0 amide bonds. The van der Waals surface area contributed by atoms with Crippen molar-refractivity contribution in [3.63, 3.8) is 0 Å². The van der Waals surface area contributed by atoms with Gasteiger partial charge in [-0.2, -0.15) is 5.10 Å². The van der Waals surface area contributed by atoms with Crippen LogP contribution in [0.3, 0.4) is 0 Å². The van der Waals surface area contributed by atoms with Crippen LogP contribution in [0.15, 0.2) is 12.3 Å². The molecule has 0 aliphatic carbocycles. The lowest BCUT2D eigenvalue weighted by atomic mass is 10.0. The molecule has 0 spiro atoms. The number of aryl methyl sites for hydroxylation is 1. The van der Waals surface area contributed by atoms with E-state index in [-0.39, 0.29) is 0 Å². The van der Waals surface area contributed by atoms with Crippen LogP contribution in [0.4, 0.5) is 0 Å². The van der Waals surface area contributed by atoms with Gasteiger partial charge >= 0.3 is 0 Å². The van der Waals surface area contributed by atoms with Crippen LogP contribution in [-0.2, 0) is 13.5 Å². The number of hydrogen-bond donors (Lipinski definition) is 1. The van der Waals surface area contributed by atoms with Crippen molar-refractivity contribution >= 4 is 0 Å². The molecule has 3 heteroatoms. The largest absolute Gasteiger partial charge is 0.314 e. The maximum absolute atomic E-state index is 4.47. The Morgan fingerprint density at radius 2 is 2.00 bits per heavy atom. The first kappa shape index (κ1) is 15.2. The summed E-state index contributed by atoms with van der Waals surface area (Å²) in [7, 11) is 1.98. The van der Waals surface area contributed by atoms with Gasteiger partial charge in [0.25, 0.3) is 0 Å². The second kappa shape index (κ2) is 9.15. The van der Waals surface area contributed by atoms with Gasteiger partial charge in [-0.1, -0.05) is 46.0 Å². The third kappa shape index (κ3) is 6.20. The van der Waals surface area contributed by atoms with Crippen molar-refractivity contribution < 1.29 is 0 Å². The van der Waals surface area contributed by atoms with E-state index in [9.17, 15) is 0 Å². The predicted molar refractivity (Wildman–Crippen MR) is 77.8 cm³/mol. The van der Waals surface area contributed by atoms with Crippen LogP contribution in [-0.4, -0.2) is 22.4 Å². The topological polar surface area (TPSA) is 29.9 Å². The normalized spacial score (nSPS) is 12.8. The highest BCUT2D eigenvalue weighted by molar-refractivity contribution is 5.01. The second-order valence-corrected chi connectivity index (χ2v) is 5.14. The molecule has 1 heterocycles. The maximum atomic E-state index is 4.47. The third-order valence-electron chi connectivity index (χ3n) is 3.37. The Hall–Kier alpha value is -0.830. The Morgan fingerprint density at radius 1 is 1.22 bits per heavy atom. The van der Waals surface area contributed by atoms with E-state index in [1.165, 1.54) is 44.2 Å². The number of nitrogens with one attached hydrogen (secondary N) is 1. The van der Waals surface area contributed by atoms with E-state index in [4.69, 9.17) is 0 Å². The van der Waals surface area contributed by atoms with E-state index >= 15 is 0 Å². The summed E-state index contributed by atoms with van der Waals surface area (Å²) >= 11 is 0. The van der Waals surface area contributed by atoms with E-state index in [0.29, 0.717) is 6.04 Å². The fourth-order valence-electron chi connectivity index (χ4n) is 2.38. The van der Waals surface area contributed by atoms with Gasteiger partial charge in [0.05, 0.1) is 5.69 Å². The number of hydrogen-bond acceptors (Lipinski definition) is 2. The van der Waals surface area contributed by atoms with Crippen LogP contribution in [0.25, 0.3) is 0 Å². The van der Waals surface area contributed by atoms with E-state index in [1.54, 1.807) is 0 Å². The highest BCUT2D eigenvalue weighted by Crippen LogP contribution is 2.10. The summed E-state index contributed by atoms with van der Waals surface area (Å²) in [5, 5.41) is 8.05. The second-order valence-electron chi connectivity index (χ2n) is 5.14. The van der Waals surface area contributed by atoms with Gasteiger partial charge in [0.1, 0.15) is 0 Å². The molecule has 1 atom stereocenters. The van der Waals surface area contributed by atoms with Gasteiger partial charge in [-0.05, 0) is 19.0 Å². The lowest BCUT2D eigenvalue weighted by Crippen LogP contribution is -2.31. The van der Waals surface area contributed by atoms with Crippen molar-refractivity contribution in [2.45, 2.75) is 64.8 Å². The predicted octanol–water partition coefficient (Wildman–Crippen LogP) is 3.30. The zero-order valence-corrected chi connectivity index (χ0v) is 12.3. The van der Waals surface area contributed by atoms with Crippen molar-refractivity contribution in [2.24, 2.45) is 7.05 Å². The summed E-state index contributed by atoms with van der Waals surface area (Å²) in [5.41, 5.74) is 1.21. The number of likely N-dealkylation sites (N-methyl/N-ethyl adjacent to an activating group) is 1. The van der Waals surface area contributed by atoms with E-state index < -0.39 is 0 Å². The summed E-state index contributed by atoms with van der Waals surface area (Å²) < 4.78 is 1.89. The SMILES string of the molecule is CCCCCCCC(Cc1ccn(C)n1)NCC. The number of nitrogens with zero attached hydrogens (tertiary/aromatic N) is 2. The van der Waals surface area contributed by atoms with E-state index in [1.807, 2.05) is 17.9 Å². The molecule has 0 fully saturated rings. The molecule has 1 unspecified atom stereocenters. The molecular weight excluding hydrogens is 222 g/mol. The number of rotatable bonds is 10. The summed E-state index contributed by atoms with van der Waals surface area (Å²) in [4.78, 5) is 0. The Bertz CT molecular complexity index is 306. The standard InChI is InChI=1S/C15H29N3/c1-4-6-7-8-9-10-14(16-5-2)13-15-11-12-18(3)17-15/h11-12,14,16H,4-10,13H2,1-3H3. The minimum Gasteiger partial charge on any atom is -0.314 e. The molecule has 1 rings (SSSR count). The average Bonchev–Trinajstić information content (AvgIpc) is 2.75. The van der Waals surface area contributed by atoms with Crippen molar-refractivity contribution in [3.8, 4) is 0 Å². The van der Waals surface area contributed by atoms with E-state index in [0.717, 1.165) is 13.0 Å². The molecule has 3 nitrogen and oxygen atoms in total. The first-order chi connectivity index (χ1) is 8.76. The first-order valence-electron chi connectivity index (χ1n) is 7.48. The van der Waals surface area contributed by atoms with Gasteiger partial charge < -0.3 is 5.32 Å². The highest BCUT2D eigenvalue weighted by atomic mass is 15.2. The van der Waals surface area contributed by atoms with Gasteiger partial charge in [0.2, 0.25) is 0 Å². The van der Waals surface area contributed by atoms with Crippen molar-refractivity contribution in [3.05, 3.63) is 18.0 Å². The molecule has 18 heavy (non-hydrogen) atoms. The fraction of sp³-hybridized carbons (Fsp3) is 0.800. The summed E-state index contributed by atoms with van der Waals surface area (Å²) in [6.45, 7) is 5.50. The van der Waals surface area contributed by atoms with Gasteiger partial charge in [0, 0.05) is 25.7 Å². The molecule has 0 radical (unpaired) electrons. The molecule has 0 saturated carbocycles. The Kier molecular flexibility index (Phi) is 7.74. The van der Waals surface area contributed by atoms with Crippen LogP contribution in [0.5, 0.6) is 0 Å². The lowest BCUT2D eigenvalue weighted by Gasteiger charge is -2.16. The molecule has 0 aliphatic rings.